The third kappa shape index (κ3) is 6.23. The Hall–Kier alpha value is -1.76. The molecule has 5 nitrogen and oxygen atoms in total. The molecule has 1 N–H and O–H groups in total. The van der Waals surface area contributed by atoms with Crippen LogP contribution in [0.3, 0.4) is 0 Å². The first kappa shape index (κ1) is 19.6. The first-order valence-corrected chi connectivity index (χ1v) is 9.54. The monoisotopic (exact) mass is 367 g/mol. The predicted octanol–water partition coefficient (Wildman–Crippen LogP) is 2.77. The highest BCUT2D eigenvalue weighted by Crippen LogP contribution is 2.19. The maximum atomic E-state index is 12.9. The molecule has 1 aromatic rings. The molecule has 0 saturated carbocycles. The molecule has 0 radical (unpaired) electrons. The molecule has 1 saturated heterocycles. The highest BCUT2D eigenvalue weighted by atomic mass is 32.2. The molecule has 1 aromatic carbocycles. The second-order valence-corrected chi connectivity index (χ2v) is 7.08. The molecule has 0 aliphatic carbocycles. The Kier molecular flexibility index (Phi) is 8.04. The molecule has 7 heteroatoms. The van der Waals surface area contributed by atoms with Crippen molar-refractivity contribution in [3.05, 3.63) is 30.1 Å². The van der Waals surface area contributed by atoms with Crippen LogP contribution in [0.15, 0.2) is 34.2 Å². The fourth-order valence-electron chi connectivity index (χ4n) is 2.82. The van der Waals surface area contributed by atoms with Gasteiger partial charge in [0.25, 0.3) is 0 Å². The lowest BCUT2D eigenvalue weighted by molar-refractivity contribution is -0.146. The van der Waals surface area contributed by atoms with Gasteiger partial charge < -0.3 is 15.0 Å². The van der Waals surface area contributed by atoms with E-state index in [1.165, 1.54) is 19.2 Å². The van der Waals surface area contributed by atoms with E-state index in [1.807, 2.05) is 0 Å². The highest BCUT2D eigenvalue weighted by Gasteiger charge is 2.26. The fourth-order valence-corrected chi connectivity index (χ4v) is 3.67. The molecule has 25 heavy (non-hydrogen) atoms. The third-order valence-electron chi connectivity index (χ3n) is 4.23. The third-order valence-corrected chi connectivity index (χ3v) is 5.33. The number of likely N-dealkylation sites (tertiary alicyclic amines) is 1. The Morgan fingerprint density at radius 3 is 2.64 bits per heavy atom. The molecule has 1 heterocycles. The van der Waals surface area contributed by atoms with Gasteiger partial charge in [-0.25, -0.2) is 4.39 Å². The van der Waals surface area contributed by atoms with Crippen molar-refractivity contribution in [2.24, 2.45) is 10.9 Å². The number of carbonyl (C=O) groups is 1. The number of nitrogens with one attached hydrogen (secondary N) is 1. The van der Waals surface area contributed by atoms with E-state index in [0.29, 0.717) is 0 Å². The Balaban J connectivity index is 1.65. The number of thioether (sulfide) groups is 1. The number of carbonyl (C=O) groups excluding carboxylic acids is 1. The summed E-state index contributed by atoms with van der Waals surface area (Å²) < 4.78 is 17.7. The summed E-state index contributed by atoms with van der Waals surface area (Å²) in [5.41, 5.74) is 0. The van der Waals surface area contributed by atoms with E-state index in [-0.39, 0.29) is 17.7 Å². The van der Waals surface area contributed by atoms with E-state index in [4.69, 9.17) is 4.74 Å². The van der Waals surface area contributed by atoms with Crippen LogP contribution in [-0.4, -0.2) is 56.4 Å². The van der Waals surface area contributed by atoms with Crippen LogP contribution < -0.4 is 5.32 Å². The maximum absolute atomic E-state index is 12.9. The number of methoxy groups -OCH3 is 1. The van der Waals surface area contributed by atoms with Gasteiger partial charge in [0.2, 0.25) is 0 Å². The topological polar surface area (TPSA) is 53.9 Å². The number of hydrogen-bond acceptors (Lipinski definition) is 4. The summed E-state index contributed by atoms with van der Waals surface area (Å²) in [6.45, 7) is 2.45. The average Bonchev–Trinajstić information content (AvgIpc) is 2.65. The van der Waals surface area contributed by atoms with Gasteiger partial charge in [0.1, 0.15) is 5.82 Å². The van der Waals surface area contributed by atoms with Crippen LogP contribution in [-0.2, 0) is 9.53 Å². The first-order chi connectivity index (χ1) is 12.1. The number of ether oxygens (including phenoxy) is 1. The molecule has 1 aliphatic heterocycles. The van der Waals surface area contributed by atoms with Crippen LogP contribution in [0.2, 0.25) is 0 Å². The smallest absolute Gasteiger partial charge is 0.308 e. The van der Waals surface area contributed by atoms with Gasteiger partial charge in [-0.2, -0.15) is 0 Å². The zero-order chi connectivity index (χ0) is 18.1. The van der Waals surface area contributed by atoms with Crippen molar-refractivity contribution in [1.29, 1.82) is 0 Å². The fraction of sp³-hybridized carbons (Fsp3) is 0.556. The number of benzene rings is 1. The number of esters is 1. The van der Waals surface area contributed by atoms with Gasteiger partial charge in [-0.15, -0.1) is 11.8 Å². The summed E-state index contributed by atoms with van der Waals surface area (Å²) in [4.78, 5) is 19.2. The van der Waals surface area contributed by atoms with Crippen molar-refractivity contribution in [3.8, 4) is 0 Å². The summed E-state index contributed by atoms with van der Waals surface area (Å²) in [6.07, 6.45) is 2.58. The maximum Gasteiger partial charge on any atom is 0.308 e. The van der Waals surface area contributed by atoms with Gasteiger partial charge in [-0.3, -0.25) is 9.79 Å². The van der Waals surface area contributed by atoms with Crippen LogP contribution in [0.5, 0.6) is 0 Å². The van der Waals surface area contributed by atoms with E-state index < -0.39 is 0 Å². The summed E-state index contributed by atoms with van der Waals surface area (Å²) in [7, 11) is 3.22. The van der Waals surface area contributed by atoms with Gasteiger partial charge in [0.15, 0.2) is 5.96 Å². The van der Waals surface area contributed by atoms with Gasteiger partial charge >= 0.3 is 5.97 Å². The number of aliphatic imine (C=N–C) groups is 1. The molecule has 0 unspecified atom stereocenters. The van der Waals surface area contributed by atoms with Crippen LogP contribution in [0, 0.1) is 11.7 Å². The zero-order valence-electron chi connectivity index (χ0n) is 14.8. The van der Waals surface area contributed by atoms with E-state index >= 15 is 0 Å². The second kappa shape index (κ2) is 10.3. The van der Waals surface area contributed by atoms with Gasteiger partial charge in [-0.1, -0.05) is 0 Å². The first-order valence-electron chi connectivity index (χ1n) is 8.56. The van der Waals surface area contributed by atoms with Crippen LogP contribution in [0.1, 0.15) is 19.3 Å². The summed E-state index contributed by atoms with van der Waals surface area (Å²) in [5.74, 6) is 1.54. The van der Waals surface area contributed by atoms with Crippen LogP contribution in [0.25, 0.3) is 0 Å². The molecule has 2 rings (SSSR count). The molecule has 0 aromatic heterocycles. The quantitative estimate of drug-likeness (QED) is 0.275. The molecule has 0 bridgehead atoms. The second-order valence-electron chi connectivity index (χ2n) is 5.91. The van der Waals surface area contributed by atoms with Crippen molar-refractivity contribution in [3.63, 3.8) is 0 Å². The molecule has 0 amide bonds. The lowest BCUT2D eigenvalue weighted by Gasteiger charge is -2.33. The van der Waals surface area contributed by atoms with E-state index in [0.717, 1.165) is 55.5 Å². The number of nitrogens with zero attached hydrogens (tertiary/aromatic N) is 2. The van der Waals surface area contributed by atoms with Gasteiger partial charge in [0.05, 0.1) is 13.0 Å². The normalized spacial score (nSPS) is 16.0. The summed E-state index contributed by atoms with van der Waals surface area (Å²) in [6, 6.07) is 6.58. The zero-order valence-corrected chi connectivity index (χ0v) is 15.7. The standard InChI is InChI=1S/C18H26FN3O2S/c1-20-18(22-11-8-14(9-12-22)17(23)24-2)21-10-3-13-25-16-6-4-15(19)5-7-16/h4-7,14H,3,8-13H2,1-2H3,(H,20,21). The van der Waals surface area contributed by atoms with Gasteiger partial charge in [0, 0.05) is 31.6 Å². The minimum Gasteiger partial charge on any atom is -0.469 e. The molecular formula is C18H26FN3O2S. The number of halogens is 1. The number of hydrogen-bond donors (Lipinski definition) is 1. The number of rotatable bonds is 6. The van der Waals surface area contributed by atoms with Crippen LogP contribution in [0.4, 0.5) is 4.39 Å². The highest BCUT2D eigenvalue weighted by molar-refractivity contribution is 7.99. The predicted molar refractivity (Wildman–Crippen MR) is 99.4 cm³/mol. The van der Waals surface area contributed by atoms with Crippen molar-refractivity contribution in [2.45, 2.75) is 24.2 Å². The minimum atomic E-state index is -0.203. The van der Waals surface area contributed by atoms with Crippen molar-refractivity contribution >= 4 is 23.7 Å². The molecule has 138 valence electrons. The Labute approximate surface area is 153 Å². The van der Waals surface area contributed by atoms with Crippen molar-refractivity contribution < 1.29 is 13.9 Å². The lowest BCUT2D eigenvalue weighted by atomic mass is 9.97. The lowest BCUT2D eigenvalue weighted by Crippen LogP contribution is -2.46. The number of guanidine groups is 1. The van der Waals surface area contributed by atoms with Crippen molar-refractivity contribution in [2.75, 3.05) is 39.5 Å². The SMILES string of the molecule is CN=C(NCCCSc1ccc(F)cc1)N1CCC(C(=O)OC)CC1. The van der Waals surface area contributed by atoms with Gasteiger partial charge in [-0.05, 0) is 49.3 Å². The molecule has 0 atom stereocenters. The van der Waals surface area contributed by atoms with Crippen LogP contribution >= 0.6 is 11.8 Å². The number of piperidine rings is 1. The molecule has 0 spiro atoms. The summed E-state index contributed by atoms with van der Waals surface area (Å²) in [5, 5.41) is 3.38. The Bertz CT molecular complexity index is 572. The van der Waals surface area contributed by atoms with E-state index in [1.54, 1.807) is 30.9 Å². The van der Waals surface area contributed by atoms with Crippen molar-refractivity contribution in [1.82, 2.24) is 10.2 Å². The van der Waals surface area contributed by atoms with E-state index in [2.05, 4.69) is 15.2 Å². The summed E-state index contributed by atoms with van der Waals surface area (Å²) >= 11 is 1.72. The minimum absolute atomic E-state index is 0.00599. The molecule has 1 aliphatic rings. The average molecular weight is 367 g/mol. The molecule has 1 fully saturated rings. The largest absolute Gasteiger partial charge is 0.469 e. The molecular weight excluding hydrogens is 341 g/mol. The Morgan fingerprint density at radius 2 is 2.04 bits per heavy atom. The van der Waals surface area contributed by atoms with E-state index in [9.17, 15) is 9.18 Å². The Morgan fingerprint density at radius 1 is 1.36 bits per heavy atom.